The summed E-state index contributed by atoms with van der Waals surface area (Å²) < 4.78 is 10.9. The Balaban J connectivity index is 1.90. The number of non-ortho nitro benzene ring substituents is 1. The number of allylic oxidation sites excluding steroid dienone is 3. The predicted molar refractivity (Wildman–Crippen MR) is 113 cm³/mol. The average molecular weight is 413 g/mol. The van der Waals surface area contributed by atoms with Crippen LogP contribution >= 0.6 is 0 Å². The molecule has 0 saturated heterocycles. The summed E-state index contributed by atoms with van der Waals surface area (Å²) in [6.07, 6.45) is 3.21. The minimum absolute atomic E-state index is 0.0159. The van der Waals surface area contributed by atoms with Gasteiger partial charge in [0.1, 0.15) is 6.61 Å². The third-order valence-electron chi connectivity index (χ3n) is 4.99. The largest absolute Gasteiger partial charge is 0.478 e. The van der Waals surface area contributed by atoms with Crippen molar-refractivity contribution in [3.8, 4) is 0 Å². The summed E-state index contributed by atoms with van der Waals surface area (Å²) in [5, 5.41) is 14.5. The Bertz CT molecular complexity index is 946. The van der Waals surface area contributed by atoms with Crippen LogP contribution in [0.5, 0.6) is 0 Å². The van der Waals surface area contributed by atoms with Gasteiger partial charge in [0, 0.05) is 35.9 Å². The van der Waals surface area contributed by atoms with E-state index >= 15 is 0 Å². The van der Waals surface area contributed by atoms with Crippen molar-refractivity contribution in [2.45, 2.75) is 52.0 Å². The van der Waals surface area contributed by atoms with Crippen molar-refractivity contribution >= 4 is 17.6 Å². The molecule has 1 unspecified atom stereocenters. The fraction of sp³-hybridized carbons (Fsp3) is 0.455. The first-order valence-corrected chi connectivity index (χ1v) is 10.0. The number of aliphatic imine (C=N–C) groups is 1. The van der Waals surface area contributed by atoms with Crippen LogP contribution in [0.3, 0.4) is 0 Å². The lowest BCUT2D eigenvalue weighted by Crippen LogP contribution is -2.27. The van der Waals surface area contributed by atoms with Gasteiger partial charge in [0.25, 0.3) is 5.69 Å². The van der Waals surface area contributed by atoms with Gasteiger partial charge in [-0.2, -0.15) is 0 Å². The van der Waals surface area contributed by atoms with Crippen molar-refractivity contribution in [1.82, 2.24) is 5.32 Å². The van der Waals surface area contributed by atoms with E-state index in [0.29, 0.717) is 42.2 Å². The number of esters is 1. The van der Waals surface area contributed by atoms with E-state index in [1.54, 1.807) is 19.1 Å². The fourth-order valence-corrected chi connectivity index (χ4v) is 3.63. The maximum atomic E-state index is 12.6. The van der Waals surface area contributed by atoms with Gasteiger partial charge in [-0.25, -0.2) is 9.79 Å². The van der Waals surface area contributed by atoms with Gasteiger partial charge >= 0.3 is 5.97 Å². The normalized spacial score (nSPS) is 20.1. The molecule has 2 heterocycles. The van der Waals surface area contributed by atoms with E-state index in [-0.39, 0.29) is 17.8 Å². The van der Waals surface area contributed by atoms with Crippen molar-refractivity contribution in [2.75, 3.05) is 13.2 Å². The van der Waals surface area contributed by atoms with Gasteiger partial charge < -0.3 is 14.8 Å². The standard InChI is InChI=1S/C22H27N3O5/c1-5-29-21(26)20-14(2)23-16(9-10-19-24-22(3,4)13-30-19)12-18(20)15-7-6-8-17(11-15)25(27)28/h6-8,11-12,18,23H,5,9-10,13H2,1-4H3. The Morgan fingerprint density at radius 3 is 2.80 bits per heavy atom. The van der Waals surface area contributed by atoms with Gasteiger partial charge in [-0.3, -0.25) is 10.1 Å². The number of hydrogen-bond donors (Lipinski definition) is 1. The first-order valence-electron chi connectivity index (χ1n) is 10.0. The Morgan fingerprint density at radius 1 is 1.40 bits per heavy atom. The Labute approximate surface area is 175 Å². The second-order valence-corrected chi connectivity index (χ2v) is 8.01. The maximum absolute atomic E-state index is 12.6. The van der Waals surface area contributed by atoms with E-state index in [2.05, 4.69) is 10.3 Å². The average Bonchev–Trinajstić information content (AvgIpc) is 3.05. The second-order valence-electron chi connectivity index (χ2n) is 8.01. The zero-order valence-electron chi connectivity index (χ0n) is 17.7. The molecule has 0 aliphatic carbocycles. The van der Waals surface area contributed by atoms with Crippen LogP contribution in [-0.2, 0) is 14.3 Å². The van der Waals surface area contributed by atoms with Gasteiger partial charge in [0.15, 0.2) is 5.90 Å². The fourth-order valence-electron chi connectivity index (χ4n) is 3.63. The number of hydrogen-bond acceptors (Lipinski definition) is 7. The molecule has 1 atom stereocenters. The van der Waals surface area contributed by atoms with Gasteiger partial charge in [-0.05, 0) is 39.7 Å². The van der Waals surface area contributed by atoms with Crippen molar-refractivity contribution in [1.29, 1.82) is 0 Å². The number of rotatable bonds is 7. The summed E-state index contributed by atoms with van der Waals surface area (Å²) in [7, 11) is 0. The van der Waals surface area contributed by atoms with Crippen LogP contribution in [0.2, 0.25) is 0 Å². The summed E-state index contributed by atoms with van der Waals surface area (Å²) in [5.74, 6) is -0.157. The first-order chi connectivity index (χ1) is 14.2. The molecule has 2 aliphatic rings. The smallest absolute Gasteiger partial charge is 0.336 e. The summed E-state index contributed by atoms with van der Waals surface area (Å²) >= 11 is 0. The van der Waals surface area contributed by atoms with Gasteiger partial charge in [0.05, 0.1) is 22.6 Å². The number of nitrogens with zero attached hydrogens (tertiary/aromatic N) is 2. The molecule has 1 aromatic carbocycles. The molecule has 8 nitrogen and oxygen atoms in total. The molecule has 1 N–H and O–H groups in total. The van der Waals surface area contributed by atoms with Crippen LogP contribution in [-0.4, -0.2) is 35.5 Å². The SMILES string of the molecule is CCOC(=O)C1=C(C)NC(CCC2=NC(C)(C)CO2)=CC1c1cccc([N+](=O)[O-])c1. The van der Waals surface area contributed by atoms with E-state index in [9.17, 15) is 14.9 Å². The summed E-state index contributed by atoms with van der Waals surface area (Å²) in [4.78, 5) is 28.0. The molecular formula is C22H27N3O5. The zero-order chi connectivity index (χ0) is 21.9. The lowest BCUT2D eigenvalue weighted by atomic mass is 9.86. The van der Waals surface area contributed by atoms with Crippen LogP contribution in [0.15, 0.2) is 52.3 Å². The number of dihydropyridines is 1. The molecule has 1 aromatic rings. The lowest BCUT2D eigenvalue weighted by Gasteiger charge is -2.27. The highest BCUT2D eigenvalue weighted by Gasteiger charge is 2.30. The number of carbonyl (C=O) groups is 1. The highest BCUT2D eigenvalue weighted by atomic mass is 16.6. The Kier molecular flexibility index (Phi) is 6.24. The molecule has 0 bridgehead atoms. The number of nitrogens with one attached hydrogen (secondary N) is 1. The molecular weight excluding hydrogens is 386 g/mol. The third kappa shape index (κ3) is 4.87. The van der Waals surface area contributed by atoms with E-state index in [1.165, 1.54) is 12.1 Å². The lowest BCUT2D eigenvalue weighted by molar-refractivity contribution is -0.384. The van der Waals surface area contributed by atoms with E-state index < -0.39 is 16.8 Å². The van der Waals surface area contributed by atoms with Gasteiger partial charge in [-0.15, -0.1) is 0 Å². The van der Waals surface area contributed by atoms with Crippen LogP contribution in [0.4, 0.5) is 5.69 Å². The third-order valence-corrected chi connectivity index (χ3v) is 4.99. The first kappa shape index (κ1) is 21.5. The van der Waals surface area contributed by atoms with Crippen LogP contribution in [0.1, 0.15) is 52.0 Å². The monoisotopic (exact) mass is 413 g/mol. The zero-order valence-corrected chi connectivity index (χ0v) is 17.7. The second kappa shape index (κ2) is 8.69. The molecule has 2 aliphatic heterocycles. The Hall–Kier alpha value is -3.16. The molecule has 0 spiro atoms. The van der Waals surface area contributed by atoms with Crippen LogP contribution in [0, 0.1) is 10.1 Å². The highest BCUT2D eigenvalue weighted by Crippen LogP contribution is 2.35. The molecule has 0 amide bonds. The van der Waals surface area contributed by atoms with E-state index in [1.807, 2.05) is 26.8 Å². The molecule has 0 saturated carbocycles. The Morgan fingerprint density at radius 2 is 2.17 bits per heavy atom. The van der Waals surface area contributed by atoms with Crippen molar-refractivity contribution in [3.05, 3.63) is 63.0 Å². The number of nitro benzene ring substituents is 1. The molecule has 8 heteroatoms. The number of benzene rings is 1. The molecule has 160 valence electrons. The van der Waals surface area contributed by atoms with Crippen molar-refractivity contribution in [2.24, 2.45) is 4.99 Å². The van der Waals surface area contributed by atoms with Gasteiger partial charge in [-0.1, -0.05) is 18.2 Å². The number of nitro groups is 1. The van der Waals surface area contributed by atoms with Crippen LogP contribution in [0.25, 0.3) is 0 Å². The molecule has 0 aromatic heterocycles. The predicted octanol–water partition coefficient (Wildman–Crippen LogP) is 3.99. The minimum Gasteiger partial charge on any atom is -0.478 e. The van der Waals surface area contributed by atoms with E-state index in [0.717, 1.165) is 5.70 Å². The van der Waals surface area contributed by atoms with Crippen molar-refractivity contribution in [3.63, 3.8) is 0 Å². The highest BCUT2D eigenvalue weighted by molar-refractivity contribution is 5.92. The molecule has 0 radical (unpaired) electrons. The minimum atomic E-state index is -0.442. The summed E-state index contributed by atoms with van der Waals surface area (Å²) in [6, 6.07) is 6.36. The molecule has 3 rings (SSSR count). The quantitative estimate of drug-likeness (QED) is 0.412. The van der Waals surface area contributed by atoms with E-state index in [4.69, 9.17) is 9.47 Å². The summed E-state index contributed by atoms with van der Waals surface area (Å²) in [5.41, 5.74) is 2.49. The molecule has 0 fully saturated rings. The number of carbonyl (C=O) groups excluding carboxylic acids is 1. The van der Waals surface area contributed by atoms with Crippen LogP contribution < -0.4 is 5.32 Å². The number of ether oxygens (including phenoxy) is 2. The van der Waals surface area contributed by atoms with Gasteiger partial charge in [0.2, 0.25) is 0 Å². The molecule has 30 heavy (non-hydrogen) atoms. The summed E-state index contributed by atoms with van der Waals surface area (Å²) in [6.45, 7) is 8.43. The van der Waals surface area contributed by atoms with Crippen molar-refractivity contribution < 1.29 is 19.2 Å². The topological polar surface area (TPSA) is 103 Å². The maximum Gasteiger partial charge on any atom is 0.336 e.